The monoisotopic (exact) mass is 431 g/mol. The number of carbonyl (C=O) groups is 1. The molecule has 0 aliphatic heterocycles. The second kappa shape index (κ2) is 8.51. The summed E-state index contributed by atoms with van der Waals surface area (Å²) in [6.45, 7) is 8.04. The van der Waals surface area contributed by atoms with Crippen LogP contribution < -0.4 is 0 Å². The van der Waals surface area contributed by atoms with Crippen molar-refractivity contribution in [2.45, 2.75) is 40.7 Å². The van der Waals surface area contributed by atoms with Crippen LogP contribution in [0.4, 0.5) is 0 Å². The molecule has 0 aliphatic carbocycles. The van der Waals surface area contributed by atoms with Crippen LogP contribution in [0.5, 0.6) is 0 Å². The van der Waals surface area contributed by atoms with Crippen molar-refractivity contribution in [2.75, 3.05) is 7.05 Å². The van der Waals surface area contributed by atoms with Crippen molar-refractivity contribution in [3.63, 3.8) is 0 Å². The molecule has 152 valence electrons. The van der Waals surface area contributed by atoms with Gasteiger partial charge in [-0.3, -0.25) is 4.79 Å². The molecule has 29 heavy (non-hydrogen) atoms. The van der Waals surface area contributed by atoms with Crippen molar-refractivity contribution < 1.29 is 4.79 Å². The molecule has 1 amide bonds. The zero-order chi connectivity index (χ0) is 21.3. The molecule has 0 bridgehead atoms. The lowest BCUT2D eigenvalue weighted by molar-refractivity contribution is -0.129. The molecular weight excluding hydrogens is 409 g/mol. The summed E-state index contributed by atoms with van der Waals surface area (Å²) in [5.74, 6) is 0.481. The van der Waals surface area contributed by atoms with E-state index in [9.17, 15) is 4.79 Å². The van der Waals surface area contributed by atoms with Gasteiger partial charge in [-0.15, -0.1) is 0 Å². The van der Waals surface area contributed by atoms with Gasteiger partial charge in [-0.25, -0.2) is 14.6 Å². The molecule has 0 fully saturated rings. The van der Waals surface area contributed by atoms with Gasteiger partial charge in [0.2, 0.25) is 5.91 Å². The van der Waals surface area contributed by atoms with E-state index in [1.807, 2.05) is 45.9 Å². The first kappa shape index (κ1) is 21.3. The Hall–Kier alpha value is -2.44. The largest absolute Gasteiger partial charge is 0.341 e. The highest BCUT2D eigenvalue weighted by Crippen LogP contribution is 2.26. The summed E-state index contributed by atoms with van der Waals surface area (Å²) in [6.07, 6.45) is 0.233. The van der Waals surface area contributed by atoms with Crippen molar-refractivity contribution in [3.8, 4) is 5.95 Å². The summed E-state index contributed by atoms with van der Waals surface area (Å²) in [5.41, 5.74) is 5.07. The van der Waals surface area contributed by atoms with Gasteiger partial charge >= 0.3 is 0 Å². The first-order valence-electron chi connectivity index (χ1n) is 9.22. The third-order valence-electron chi connectivity index (χ3n) is 4.79. The van der Waals surface area contributed by atoms with Crippen LogP contribution in [-0.2, 0) is 17.8 Å². The fourth-order valence-electron chi connectivity index (χ4n) is 3.23. The van der Waals surface area contributed by atoms with Crippen LogP contribution in [0.25, 0.3) is 5.95 Å². The molecule has 0 radical (unpaired) electrons. The maximum Gasteiger partial charge on any atom is 0.251 e. The lowest BCUT2D eigenvalue weighted by Gasteiger charge is -2.18. The van der Waals surface area contributed by atoms with Crippen molar-refractivity contribution in [1.82, 2.24) is 24.6 Å². The highest BCUT2D eigenvalue weighted by Gasteiger charge is 2.20. The van der Waals surface area contributed by atoms with Gasteiger partial charge in [0.05, 0.1) is 22.2 Å². The molecule has 6 nitrogen and oxygen atoms in total. The average molecular weight is 432 g/mol. The van der Waals surface area contributed by atoms with Crippen LogP contribution in [0.15, 0.2) is 24.3 Å². The number of likely N-dealkylation sites (N-methyl/N-ethyl adjacent to an activating group) is 1. The molecule has 0 saturated heterocycles. The smallest absolute Gasteiger partial charge is 0.251 e. The fourth-order valence-corrected chi connectivity index (χ4v) is 3.61. The van der Waals surface area contributed by atoms with Crippen LogP contribution >= 0.6 is 23.2 Å². The van der Waals surface area contributed by atoms with Crippen LogP contribution in [-0.4, -0.2) is 37.6 Å². The molecule has 2 heterocycles. The molecule has 0 aliphatic rings. The summed E-state index contributed by atoms with van der Waals surface area (Å²) >= 11 is 12.3. The lowest BCUT2D eigenvalue weighted by Crippen LogP contribution is -2.28. The Morgan fingerprint density at radius 2 is 1.76 bits per heavy atom. The van der Waals surface area contributed by atoms with E-state index in [-0.39, 0.29) is 12.3 Å². The van der Waals surface area contributed by atoms with Crippen LogP contribution in [0.2, 0.25) is 10.0 Å². The van der Waals surface area contributed by atoms with Gasteiger partial charge in [0.15, 0.2) is 0 Å². The molecule has 1 aromatic carbocycles. The predicted molar refractivity (Wildman–Crippen MR) is 115 cm³/mol. The van der Waals surface area contributed by atoms with E-state index >= 15 is 0 Å². The molecular formula is C21H23Cl2N5O. The highest BCUT2D eigenvalue weighted by atomic mass is 35.5. The van der Waals surface area contributed by atoms with Gasteiger partial charge < -0.3 is 4.90 Å². The number of nitrogens with zero attached hydrogens (tertiary/aromatic N) is 5. The third-order valence-corrected chi connectivity index (χ3v) is 5.65. The summed E-state index contributed by atoms with van der Waals surface area (Å²) in [5, 5.41) is 5.52. The van der Waals surface area contributed by atoms with Gasteiger partial charge in [-0.05, 0) is 45.4 Å². The molecule has 0 spiro atoms. The molecule has 3 aromatic rings. The van der Waals surface area contributed by atoms with E-state index in [0.29, 0.717) is 22.5 Å². The van der Waals surface area contributed by atoms with Crippen molar-refractivity contribution in [3.05, 3.63) is 68.2 Å². The Bertz CT molecular complexity index is 1060. The van der Waals surface area contributed by atoms with Crippen molar-refractivity contribution >= 4 is 29.1 Å². The van der Waals surface area contributed by atoms with E-state index in [4.69, 9.17) is 23.2 Å². The molecule has 0 N–H and O–H groups in total. The first-order valence-corrected chi connectivity index (χ1v) is 9.97. The van der Waals surface area contributed by atoms with E-state index in [2.05, 4.69) is 15.1 Å². The number of hydrogen-bond donors (Lipinski definition) is 0. The number of amides is 1. The van der Waals surface area contributed by atoms with Gasteiger partial charge in [0.25, 0.3) is 5.95 Å². The van der Waals surface area contributed by atoms with Gasteiger partial charge in [-0.1, -0.05) is 35.3 Å². The molecule has 2 aromatic heterocycles. The van der Waals surface area contributed by atoms with Crippen molar-refractivity contribution in [2.24, 2.45) is 0 Å². The number of hydrogen-bond acceptors (Lipinski definition) is 4. The lowest BCUT2D eigenvalue weighted by atomic mass is 10.1. The number of benzene rings is 1. The normalized spacial score (nSPS) is 11.0. The molecule has 0 atom stereocenters. The van der Waals surface area contributed by atoms with E-state index in [1.165, 1.54) is 0 Å². The van der Waals surface area contributed by atoms with E-state index in [1.54, 1.807) is 22.7 Å². The fraction of sp³-hybridized carbons (Fsp3) is 0.333. The number of carbonyl (C=O) groups excluding carboxylic acids is 1. The number of halogens is 2. The number of aromatic nitrogens is 4. The Kier molecular flexibility index (Phi) is 6.24. The maximum atomic E-state index is 12.9. The quantitative estimate of drug-likeness (QED) is 0.600. The summed E-state index contributed by atoms with van der Waals surface area (Å²) < 4.78 is 1.70. The second-order valence-electron chi connectivity index (χ2n) is 7.15. The zero-order valence-corrected chi connectivity index (χ0v) is 18.6. The van der Waals surface area contributed by atoms with Crippen molar-refractivity contribution in [1.29, 1.82) is 0 Å². The van der Waals surface area contributed by atoms with Gasteiger partial charge in [0, 0.05) is 36.2 Å². The zero-order valence-electron chi connectivity index (χ0n) is 17.1. The topological polar surface area (TPSA) is 63.9 Å². The number of aryl methyl sites for hydroxylation is 3. The van der Waals surface area contributed by atoms with Gasteiger partial charge in [-0.2, -0.15) is 5.10 Å². The second-order valence-corrected chi connectivity index (χ2v) is 7.94. The minimum absolute atomic E-state index is 0.0341. The number of rotatable bonds is 5. The first-order chi connectivity index (χ1) is 13.7. The molecule has 0 saturated carbocycles. The molecule has 8 heteroatoms. The van der Waals surface area contributed by atoms with Crippen LogP contribution in [0.3, 0.4) is 0 Å². The maximum absolute atomic E-state index is 12.9. The Balaban J connectivity index is 1.82. The van der Waals surface area contributed by atoms with Crippen LogP contribution in [0.1, 0.15) is 33.9 Å². The minimum atomic E-state index is -0.0341. The van der Waals surface area contributed by atoms with E-state index in [0.717, 1.165) is 33.9 Å². The SMILES string of the molecule is Cc1cc(C)nc(-n2nc(C)c(CC(=O)N(C)Cc3cccc(Cl)c3Cl)c2C)n1. The Morgan fingerprint density at radius 3 is 2.41 bits per heavy atom. The molecule has 0 unspecified atom stereocenters. The standard InChI is InChI=1S/C21H23Cl2N5O/c1-12-9-13(2)25-21(24-12)28-15(4)17(14(3)26-28)10-19(29)27(5)11-16-7-6-8-18(22)20(16)23/h6-9H,10-11H2,1-5H3. The summed E-state index contributed by atoms with van der Waals surface area (Å²) in [6, 6.07) is 7.33. The predicted octanol–water partition coefficient (Wildman–Crippen LogP) is 4.40. The Morgan fingerprint density at radius 1 is 1.10 bits per heavy atom. The summed E-state index contributed by atoms with van der Waals surface area (Å²) in [4.78, 5) is 23.4. The highest BCUT2D eigenvalue weighted by molar-refractivity contribution is 6.42. The van der Waals surface area contributed by atoms with Gasteiger partial charge in [0.1, 0.15) is 0 Å². The third kappa shape index (κ3) is 4.60. The van der Waals surface area contributed by atoms with E-state index < -0.39 is 0 Å². The average Bonchev–Trinajstić information content (AvgIpc) is 2.93. The summed E-state index contributed by atoms with van der Waals surface area (Å²) in [7, 11) is 1.75. The van der Waals surface area contributed by atoms with Crippen LogP contribution in [0, 0.1) is 27.7 Å². The Labute approximate surface area is 180 Å². The minimum Gasteiger partial charge on any atom is -0.341 e. The molecule has 3 rings (SSSR count).